The summed E-state index contributed by atoms with van der Waals surface area (Å²) >= 11 is 0. The van der Waals surface area contributed by atoms with Crippen LogP contribution in [0.15, 0.2) is 48.2 Å². The molecule has 2 aromatic carbocycles. The number of aromatic hydroxyl groups is 1. The van der Waals surface area contributed by atoms with Gasteiger partial charge in [0, 0.05) is 13.0 Å². The van der Waals surface area contributed by atoms with Crippen molar-refractivity contribution in [1.82, 2.24) is 0 Å². The Morgan fingerprint density at radius 3 is 2.58 bits per heavy atom. The molecule has 138 valence electrons. The Labute approximate surface area is 154 Å². The maximum absolute atomic E-state index is 9.81. The van der Waals surface area contributed by atoms with Gasteiger partial charge in [0.2, 0.25) is 0 Å². The molecule has 0 bridgehead atoms. The highest BCUT2D eigenvalue weighted by molar-refractivity contribution is 5.57. The summed E-state index contributed by atoms with van der Waals surface area (Å²) in [5, 5.41) is 12.8. The molecular formula is C21H25NO4. The topological polar surface area (TPSA) is 60.0 Å². The molecular weight excluding hydrogens is 330 g/mol. The molecule has 3 rings (SSSR count). The van der Waals surface area contributed by atoms with Gasteiger partial charge in [0.1, 0.15) is 5.75 Å². The van der Waals surface area contributed by atoms with E-state index < -0.39 is 0 Å². The first kappa shape index (κ1) is 18.0. The van der Waals surface area contributed by atoms with Gasteiger partial charge < -0.3 is 24.6 Å². The summed E-state index contributed by atoms with van der Waals surface area (Å²) in [7, 11) is 5.09. The van der Waals surface area contributed by atoms with Crippen molar-refractivity contribution in [3.8, 4) is 17.2 Å². The summed E-state index contributed by atoms with van der Waals surface area (Å²) in [5.74, 6) is 2.05. The average molecular weight is 355 g/mol. The van der Waals surface area contributed by atoms with Gasteiger partial charge in [0.25, 0.3) is 0 Å². The van der Waals surface area contributed by atoms with Crippen molar-refractivity contribution in [2.24, 2.45) is 5.92 Å². The van der Waals surface area contributed by atoms with E-state index in [0.29, 0.717) is 12.5 Å². The molecule has 0 saturated heterocycles. The number of ether oxygens (including phenoxy) is 3. The molecule has 0 spiro atoms. The predicted molar refractivity (Wildman–Crippen MR) is 102 cm³/mol. The Kier molecular flexibility index (Phi) is 5.56. The second-order valence-corrected chi connectivity index (χ2v) is 6.39. The number of phenols is 1. The van der Waals surface area contributed by atoms with Gasteiger partial charge >= 0.3 is 0 Å². The minimum Gasteiger partial charge on any atom is -0.506 e. The monoisotopic (exact) mass is 355 g/mol. The fourth-order valence-electron chi connectivity index (χ4n) is 3.27. The van der Waals surface area contributed by atoms with Gasteiger partial charge in [-0.3, -0.25) is 0 Å². The van der Waals surface area contributed by atoms with Gasteiger partial charge in [-0.05, 0) is 53.8 Å². The van der Waals surface area contributed by atoms with Crippen LogP contribution in [0.1, 0.15) is 11.1 Å². The molecule has 1 atom stereocenters. The van der Waals surface area contributed by atoms with Gasteiger partial charge in [-0.15, -0.1) is 0 Å². The zero-order valence-corrected chi connectivity index (χ0v) is 15.4. The largest absolute Gasteiger partial charge is 0.506 e. The van der Waals surface area contributed by atoms with E-state index in [9.17, 15) is 5.11 Å². The van der Waals surface area contributed by atoms with Gasteiger partial charge in [-0.25, -0.2) is 0 Å². The van der Waals surface area contributed by atoms with Crippen molar-refractivity contribution in [3.63, 3.8) is 0 Å². The summed E-state index contributed by atoms with van der Waals surface area (Å²) in [6, 6.07) is 11.7. The van der Waals surface area contributed by atoms with E-state index in [2.05, 4.69) is 11.4 Å². The van der Waals surface area contributed by atoms with Crippen LogP contribution in [0.3, 0.4) is 0 Å². The van der Waals surface area contributed by atoms with E-state index in [1.807, 2.05) is 30.5 Å². The van der Waals surface area contributed by atoms with E-state index in [1.54, 1.807) is 27.3 Å². The molecule has 0 amide bonds. The Morgan fingerprint density at radius 1 is 1.08 bits per heavy atom. The lowest BCUT2D eigenvalue weighted by atomic mass is 9.90. The van der Waals surface area contributed by atoms with Gasteiger partial charge in [0.15, 0.2) is 11.5 Å². The number of nitrogens with one attached hydrogen (secondary N) is 1. The number of hydrogen-bond acceptors (Lipinski definition) is 5. The Hall–Kier alpha value is -2.82. The molecule has 5 heteroatoms. The van der Waals surface area contributed by atoms with Crippen LogP contribution < -0.4 is 14.8 Å². The number of hydrogen-bond donors (Lipinski definition) is 2. The van der Waals surface area contributed by atoms with Crippen LogP contribution in [-0.2, 0) is 17.6 Å². The van der Waals surface area contributed by atoms with Gasteiger partial charge in [-0.1, -0.05) is 12.1 Å². The summed E-state index contributed by atoms with van der Waals surface area (Å²) in [6.07, 6.45) is 3.55. The molecule has 26 heavy (non-hydrogen) atoms. The van der Waals surface area contributed by atoms with Crippen LogP contribution in [0.4, 0.5) is 5.69 Å². The van der Waals surface area contributed by atoms with Crippen molar-refractivity contribution in [2.45, 2.75) is 12.8 Å². The highest BCUT2D eigenvalue weighted by Crippen LogP contribution is 2.32. The van der Waals surface area contributed by atoms with Crippen LogP contribution >= 0.6 is 0 Å². The lowest BCUT2D eigenvalue weighted by Gasteiger charge is -2.15. The lowest BCUT2D eigenvalue weighted by Crippen LogP contribution is -2.10. The zero-order chi connectivity index (χ0) is 18.5. The standard InChI is InChI=1S/C21H25NO4/c1-22-18-10-14(4-6-19(18)23)8-16-12-26-13-17(16)9-15-5-7-20(24-2)21(11-15)25-3/h4-7,10-11,13,16,22-23H,8-9,12H2,1-3H3/t16-/m0/s1. The van der Waals surface area contributed by atoms with E-state index in [0.717, 1.165) is 35.6 Å². The summed E-state index contributed by atoms with van der Waals surface area (Å²) in [4.78, 5) is 0. The summed E-state index contributed by atoms with van der Waals surface area (Å²) < 4.78 is 16.3. The average Bonchev–Trinajstić information content (AvgIpc) is 3.09. The molecule has 2 aromatic rings. The minimum absolute atomic E-state index is 0.264. The summed E-state index contributed by atoms with van der Waals surface area (Å²) in [5.41, 5.74) is 4.33. The van der Waals surface area contributed by atoms with Crippen LogP contribution in [0.5, 0.6) is 17.2 Å². The maximum Gasteiger partial charge on any atom is 0.160 e. The minimum atomic E-state index is 0.264. The Balaban J connectivity index is 1.72. The fourth-order valence-corrected chi connectivity index (χ4v) is 3.27. The predicted octanol–water partition coefficient (Wildman–Crippen LogP) is 3.77. The van der Waals surface area contributed by atoms with Crippen LogP contribution in [-0.4, -0.2) is 33.0 Å². The van der Waals surface area contributed by atoms with Crippen molar-refractivity contribution >= 4 is 5.69 Å². The molecule has 0 aromatic heterocycles. The first-order chi connectivity index (χ1) is 12.6. The number of anilines is 1. The van der Waals surface area contributed by atoms with E-state index in [4.69, 9.17) is 14.2 Å². The zero-order valence-electron chi connectivity index (χ0n) is 15.4. The molecule has 0 unspecified atom stereocenters. The number of rotatable bonds is 7. The van der Waals surface area contributed by atoms with Crippen molar-refractivity contribution in [3.05, 3.63) is 59.4 Å². The number of benzene rings is 2. The second-order valence-electron chi connectivity index (χ2n) is 6.39. The molecule has 1 aliphatic heterocycles. The van der Waals surface area contributed by atoms with E-state index in [1.165, 1.54) is 11.1 Å². The normalized spacial score (nSPS) is 16.0. The van der Waals surface area contributed by atoms with Crippen molar-refractivity contribution < 1.29 is 19.3 Å². The summed E-state index contributed by atoms with van der Waals surface area (Å²) in [6.45, 7) is 0.679. The quantitative estimate of drug-likeness (QED) is 0.741. The first-order valence-electron chi connectivity index (χ1n) is 8.65. The molecule has 0 fully saturated rings. The van der Waals surface area contributed by atoms with Crippen LogP contribution in [0.25, 0.3) is 0 Å². The van der Waals surface area contributed by atoms with Crippen molar-refractivity contribution in [1.29, 1.82) is 0 Å². The van der Waals surface area contributed by atoms with Gasteiger partial charge in [-0.2, -0.15) is 0 Å². The molecule has 0 aliphatic carbocycles. The SMILES string of the molecule is CNc1cc(C[C@H]2COC=C2Cc2ccc(OC)c(OC)c2)ccc1O. The molecule has 0 radical (unpaired) electrons. The second kappa shape index (κ2) is 8.04. The lowest BCUT2D eigenvalue weighted by molar-refractivity contribution is 0.248. The molecule has 0 saturated carbocycles. The third-order valence-electron chi connectivity index (χ3n) is 4.73. The molecule has 5 nitrogen and oxygen atoms in total. The van der Waals surface area contributed by atoms with Crippen LogP contribution in [0.2, 0.25) is 0 Å². The van der Waals surface area contributed by atoms with Crippen LogP contribution in [0, 0.1) is 5.92 Å². The highest BCUT2D eigenvalue weighted by Gasteiger charge is 2.22. The molecule has 1 aliphatic rings. The van der Waals surface area contributed by atoms with Gasteiger partial charge in [0.05, 0.1) is 32.8 Å². The Morgan fingerprint density at radius 2 is 1.85 bits per heavy atom. The number of methoxy groups -OCH3 is 2. The first-order valence-corrected chi connectivity index (χ1v) is 8.65. The van der Waals surface area contributed by atoms with E-state index in [-0.39, 0.29) is 5.75 Å². The van der Waals surface area contributed by atoms with E-state index >= 15 is 0 Å². The number of phenolic OH excluding ortho intramolecular Hbond substituents is 1. The smallest absolute Gasteiger partial charge is 0.160 e. The highest BCUT2D eigenvalue weighted by atomic mass is 16.5. The van der Waals surface area contributed by atoms with Crippen molar-refractivity contribution in [2.75, 3.05) is 33.2 Å². The maximum atomic E-state index is 9.81. The fraction of sp³-hybridized carbons (Fsp3) is 0.333. The third-order valence-corrected chi connectivity index (χ3v) is 4.73. The third kappa shape index (κ3) is 3.87. The Bertz CT molecular complexity index is 801. The molecule has 2 N–H and O–H groups in total. The molecule has 1 heterocycles.